The predicted molar refractivity (Wildman–Crippen MR) is 86.2 cm³/mol. The molecular formula is C15H11BrClNO4. The maximum absolute atomic E-state index is 12.4. The fourth-order valence-corrected chi connectivity index (χ4v) is 2.70. The highest BCUT2D eigenvalue weighted by molar-refractivity contribution is 9.10. The highest BCUT2D eigenvalue weighted by atomic mass is 79.9. The van der Waals surface area contributed by atoms with E-state index in [-0.39, 0.29) is 12.7 Å². The van der Waals surface area contributed by atoms with Crippen molar-refractivity contribution in [2.24, 2.45) is 0 Å². The molecule has 0 saturated carbocycles. The number of methoxy groups -OCH3 is 1. The van der Waals surface area contributed by atoms with Crippen LogP contribution in [-0.4, -0.2) is 19.8 Å². The van der Waals surface area contributed by atoms with Gasteiger partial charge in [0.25, 0.3) is 5.91 Å². The zero-order valence-electron chi connectivity index (χ0n) is 11.5. The van der Waals surface area contributed by atoms with E-state index in [4.69, 9.17) is 25.8 Å². The third-order valence-corrected chi connectivity index (χ3v) is 3.87. The van der Waals surface area contributed by atoms with Gasteiger partial charge in [0.15, 0.2) is 11.5 Å². The Labute approximate surface area is 140 Å². The summed E-state index contributed by atoms with van der Waals surface area (Å²) >= 11 is 9.45. The molecule has 1 aliphatic heterocycles. The minimum Gasteiger partial charge on any atom is -0.495 e. The minimum atomic E-state index is -0.323. The molecule has 1 heterocycles. The lowest BCUT2D eigenvalue weighted by Crippen LogP contribution is -2.12. The number of fused-ring (bicyclic) bond motifs is 1. The van der Waals surface area contributed by atoms with Crippen molar-refractivity contribution >= 4 is 39.1 Å². The molecule has 2 aromatic rings. The summed E-state index contributed by atoms with van der Waals surface area (Å²) in [5, 5.41) is 3.12. The first-order chi connectivity index (χ1) is 10.6. The van der Waals surface area contributed by atoms with Crippen molar-refractivity contribution in [3.05, 3.63) is 45.4 Å². The zero-order valence-corrected chi connectivity index (χ0v) is 13.8. The molecule has 114 valence electrons. The maximum Gasteiger partial charge on any atom is 0.255 e. The molecule has 0 radical (unpaired) electrons. The summed E-state index contributed by atoms with van der Waals surface area (Å²) in [5.41, 5.74) is 0.923. The van der Waals surface area contributed by atoms with Crippen LogP contribution in [0.1, 0.15) is 10.4 Å². The van der Waals surface area contributed by atoms with Crippen molar-refractivity contribution in [2.45, 2.75) is 0 Å². The maximum atomic E-state index is 12.4. The lowest BCUT2D eigenvalue weighted by atomic mass is 10.1. The van der Waals surface area contributed by atoms with Gasteiger partial charge >= 0.3 is 0 Å². The van der Waals surface area contributed by atoms with Crippen molar-refractivity contribution < 1.29 is 19.0 Å². The number of rotatable bonds is 3. The molecule has 1 N–H and O–H groups in total. The Morgan fingerprint density at radius 1 is 1.32 bits per heavy atom. The molecule has 0 spiro atoms. The number of halogens is 2. The molecule has 0 fully saturated rings. The van der Waals surface area contributed by atoms with Crippen LogP contribution in [0.15, 0.2) is 34.8 Å². The van der Waals surface area contributed by atoms with E-state index in [1.807, 2.05) is 6.07 Å². The van der Waals surface area contributed by atoms with Crippen molar-refractivity contribution in [3.8, 4) is 17.2 Å². The highest BCUT2D eigenvalue weighted by Crippen LogP contribution is 2.40. The number of benzene rings is 2. The summed E-state index contributed by atoms with van der Waals surface area (Å²) in [5.74, 6) is 1.15. The number of carbonyl (C=O) groups is 1. The number of anilines is 1. The third kappa shape index (κ3) is 2.84. The van der Waals surface area contributed by atoms with E-state index < -0.39 is 0 Å². The monoisotopic (exact) mass is 383 g/mol. The SMILES string of the molecule is COc1ccc(Br)cc1NC(=O)c1cc(Cl)c2c(c1)OCO2. The van der Waals surface area contributed by atoms with Gasteiger partial charge in [0.05, 0.1) is 17.8 Å². The predicted octanol–water partition coefficient (Wildman–Crippen LogP) is 4.09. The molecule has 3 rings (SSSR count). The van der Waals surface area contributed by atoms with Crippen LogP contribution >= 0.6 is 27.5 Å². The second-order valence-electron chi connectivity index (χ2n) is 4.49. The van der Waals surface area contributed by atoms with Gasteiger partial charge in [-0.05, 0) is 30.3 Å². The van der Waals surface area contributed by atoms with Crippen LogP contribution in [0.25, 0.3) is 0 Å². The molecule has 0 bridgehead atoms. The van der Waals surface area contributed by atoms with E-state index in [2.05, 4.69) is 21.2 Å². The lowest BCUT2D eigenvalue weighted by molar-refractivity contribution is 0.102. The fourth-order valence-electron chi connectivity index (χ4n) is 2.07. The van der Waals surface area contributed by atoms with Crippen LogP contribution in [0, 0.1) is 0 Å². The Hall–Kier alpha value is -1.92. The van der Waals surface area contributed by atoms with Crippen LogP contribution in [0.3, 0.4) is 0 Å². The van der Waals surface area contributed by atoms with E-state index in [1.54, 1.807) is 18.2 Å². The Balaban J connectivity index is 1.89. The minimum absolute atomic E-state index is 0.0968. The molecular weight excluding hydrogens is 374 g/mol. The number of nitrogens with one attached hydrogen (secondary N) is 1. The molecule has 0 saturated heterocycles. The average Bonchev–Trinajstić information content (AvgIpc) is 2.96. The lowest BCUT2D eigenvalue weighted by Gasteiger charge is -2.11. The van der Waals surface area contributed by atoms with Crippen LogP contribution in [0.4, 0.5) is 5.69 Å². The molecule has 0 unspecified atom stereocenters. The zero-order chi connectivity index (χ0) is 15.7. The quantitative estimate of drug-likeness (QED) is 0.866. The van der Waals surface area contributed by atoms with Gasteiger partial charge < -0.3 is 19.5 Å². The van der Waals surface area contributed by atoms with E-state index in [0.717, 1.165) is 4.47 Å². The number of hydrogen-bond donors (Lipinski definition) is 1. The van der Waals surface area contributed by atoms with E-state index in [9.17, 15) is 4.79 Å². The first-order valence-electron chi connectivity index (χ1n) is 6.32. The molecule has 1 aliphatic rings. The molecule has 1 amide bonds. The molecule has 0 aliphatic carbocycles. The van der Waals surface area contributed by atoms with E-state index in [0.29, 0.717) is 33.5 Å². The van der Waals surface area contributed by atoms with Gasteiger partial charge in [-0.1, -0.05) is 27.5 Å². The highest BCUT2D eigenvalue weighted by Gasteiger charge is 2.21. The Bertz CT molecular complexity index is 751. The van der Waals surface area contributed by atoms with Crippen LogP contribution < -0.4 is 19.5 Å². The van der Waals surface area contributed by atoms with E-state index >= 15 is 0 Å². The van der Waals surface area contributed by atoms with Crippen molar-refractivity contribution in [2.75, 3.05) is 19.2 Å². The molecule has 5 nitrogen and oxygen atoms in total. The smallest absolute Gasteiger partial charge is 0.255 e. The number of ether oxygens (including phenoxy) is 3. The van der Waals surface area contributed by atoms with Crippen molar-refractivity contribution in [3.63, 3.8) is 0 Å². The number of amides is 1. The second-order valence-corrected chi connectivity index (χ2v) is 5.81. The Kier molecular flexibility index (Phi) is 4.13. The summed E-state index contributed by atoms with van der Waals surface area (Å²) in [6, 6.07) is 8.46. The van der Waals surface area contributed by atoms with Gasteiger partial charge in [-0.15, -0.1) is 0 Å². The summed E-state index contributed by atoms with van der Waals surface area (Å²) in [6.45, 7) is 0.0968. The van der Waals surface area contributed by atoms with Gasteiger partial charge in [-0.25, -0.2) is 0 Å². The molecule has 0 aromatic heterocycles. The van der Waals surface area contributed by atoms with Crippen LogP contribution in [0.5, 0.6) is 17.2 Å². The average molecular weight is 385 g/mol. The Morgan fingerprint density at radius 2 is 2.14 bits per heavy atom. The van der Waals surface area contributed by atoms with Crippen molar-refractivity contribution in [1.82, 2.24) is 0 Å². The standard InChI is InChI=1S/C15H11BrClNO4/c1-20-12-3-2-9(16)6-11(12)18-15(19)8-4-10(17)14-13(5-8)21-7-22-14/h2-6H,7H2,1H3,(H,18,19). The van der Waals surface area contributed by atoms with Gasteiger partial charge in [0, 0.05) is 10.0 Å². The molecule has 7 heteroatoms. The normalized spacial score (nSPS) is 12.1. The molecule has 2 aromatic carbocycles. The molecule has 0 atom stereocenters. The van der Waals surface area contributed by atoms with E-state index in [1.165, 1.54) is 13.2 Å². The van der Waals surface area contributed by atoms with Crippen LogP contribution in [0.2, 0.25) is 5.02 Å². The first kappa shape index (κ1) is 15.0. The Morgan fingerprint density at radius 3 is 2.91 bits per heavy atom. The van der Waals surface area contributed by atoms with Gasteiger partial charge in [-0.3, -0.25) is 4.79 Å². The van der Waals surface area contributed by atoms with Gasteiger partial charge in [0.1, 0.15) is 5.75 Å². The molecule has 22 heavy (non-hydrogen) atoms. The number of carbonyl (C=O) groups excluding carboxylic acids is 1. The van der Waals surface area contributed by atoms with Crippen molar-refractivity contribution in [1.29, 1.82) is 0 Å². The van der Waals surface area contributed by atoms with Gasteiger partial charge in [-0.2, -0.15) is 0 Å². The summed E-state index contributed by atoms with van der Waals surface area (Å²) in [6.07, 6.45) is 0. The topological polar surface area (TPSA) is 56.8 Å². The van der Waals surface area contributed by atoms with Crippen LogP contribution in [-0.2, 0) is 0 Å². The summed E-state index contributed by atoms with van der Waals surface area (Å²) < 4.78 is 16.5. The summed E-state index contributed by atoms with van der Waals surface area (Å²) in [7, 11) is 1.54. The fraction of sp³-hybridized carbons (Fsp3) is 0.133. The number of hydrogen-bond acceptors (Lipinski definition) is 4. The third-order valence-electron chi connectivity index (χ3n) is 3.10. The second kappa shape index (κ2) is 6.06. The van der Waals surface area contributed by atoms with Gasteiger partial charge in [0.2, 0.25) is 6.79 Å². The first-order valence-corrected chi connectivity index (χ1v) is 7.49. The largest absolute Gasteiger partial charge is 0.495 e. The summed E-state index contributed by atoms with van der Waals surface area (Å²) in [4.78, 5) is 12.4.